The molecule has 1 fully saturated rings. The monoisotopic (exact) mass is 361 g/mol. The molecule has 132 valence electrons. The molecule has 9 heteroatoms. The number of hydrogen-bond donors (Lipinski definition) is 1. The van der Waals surface area contributed by atoms with Gasteiger partial charge in [-0.25, -0.2) is 17.4 Å². The average Bonchev–Trinajstić information content (AvgIpc) is 3.23. The normalized spacial score (nSPS) is 18.8. The highest BCUT2D eigenvalue weighted by Gasteiger charge is 2.24. The summed E-state index contributed by atoms with van der Waals surface area (Å²) in [4.78, 5) is 6.83. The van der Waals surface area contributed by atoms with Crippen LogP contribution >= 0.6 is 0 Å². The predicted molar refractivity (Wildman–Crippen MR) is 95.2 cm³/mol. The SMILES string of the molecule is CC1COCCN1c1cc(-c2cn[nH]c2)nc2c1ccn2S(C)(=O)=O. The van der Waals surface area contributed by atoms with Gasteiger partial charge in [0.15, 0.2) is 5.65 Å². The third-order valence-corrected chi connectivity index (χ3v) is 5.44. The number of morpholine rings is 1. The maximum Gasteiger partial charge on any atom is 0.237 e. The summed E-state index contributed by atoms with van der Waals surface area (Å²) < 4.78 is 31.0. The summed E-state index contributed by atoms with van der Waals surface area (Å²) in [6.45, 7) is 4.12. The van der Waals surface area contributed by atoms with Crippen molar-refractivity contribution in [2.24, 2.45) is 0 Å². The number of H-pyrrole nitrogens is 1. The lowest BCUT2D eigenvalue weighted by molar-refractivity contribution is 0.0991. The van der Waals surface area contributed by atoms with E-state index in [1.165, 1.54) is 10.2 Å². The number of nitrogens with one attached hydrogen (secondary N) is 1. The van der Waals surface area contributed by atoms with Gasteiger partial charge in [-0.2, -0.15) is 5.10 Å². The largest absolute Gasteiger partial charge is 0.377 e. The van der Waals surface area contributed by atoms with Crippen LogP contribution in [0.4, 0.5) is 5.69 Å². The van der Waals surface area contributed by atoms with Crippen molar-refractivity contribution in [3.8, 4) is 11.3 Å². The van der Waals surface area contributed by atoms with E-state index in [2.05, 4.69) is 27.0 Å². The van der Waals surface area contributed by atoms with Gasteiger partial charge in [-0.05, 0) is 19.1 Å². The maximum atomic E-state index is 12.1. The molecule has 0 spiro atoms. The summed E-state index contributed by atoms with van der Waals surface area (Å²) >= 11 is 0. The summed E-state index contributed by atoms with van der Waals surface area (Å²) in [7, 11) is -3.45. The molecule has 0 radical (unpaired) electrons. The molecule has 0 amide bonds. The molecule has 0 saturated carbocycles. The van der Waals surface area contributed by atoms with Crippen molar-refractivity contribution in [3.05, 3.63) is 30.7 Å². The van der Waals surface area contributed by atoms with E-state index in [1.54, 1.807) is 24.7 Å². The predicted octanol–water partition coefficient (Wildman–Crippen LogP) is 1.46. The highest BCUT2D eigenvalue weighted by atomic mass is 32.2. The maximum absolute atomic E-state index is 12.1. The fraction of sp³-hybridized carbons (Fsp3) is 0.375. The van der Waals surface area contributed by atoms with Crippen molar-refractivity contribution >= 4 is 26.7 Å². The zero-order valence-electron chi connectivity index (χ0n) is 14.0. The van der Waals surface area contributed by atoms with Crippen LogP contribution < -0.4 is 4.90 Å². The average molecular weight is 361 g/mol. The van der Waals surface area contributed by atoms with Crippen LogP contribution in [0.2, 0.25) is 0 Å². The second-order valence-electron chi connectivity index (χ2n) is 6.24. The molecule has 4 rings (SSSR count). The van der Waals surface area contributed by atoms with Crippen LogP contribution in [0.25, 0.3) is 22.3 Å². The standard InChI is InChI=1S/C16H19N5O3S/c1-11-10-24-6-5-20(11)15-7-14(12-8-17-18-9-12)19-16-13(15)3-4-21(16)25(2,22)23/h3-4,7-9,11H,5-6,10H2,1-2H3,(H,17,18). The topological polar surface area (TPSA) is 93.1 Å². The van der Waals surface area contributed by atoms with E-state index in [0.717, 1.165) is 23.2 Å². The van der Waals surface area contributed by atoms with Crippen molar-refractivity contribution in [1.82, 2.24) is 19.2 Å². The number of anilines is 1. The van der Waals surface area contributed by atoms with Gasteiger partial charge in [0.25, 0.3) is 0 Å². The van der Waals surface area contributed by atoms with Crippen LogP contribution in [-0.2, 0) is 14.8 Å². The quantitative estimate of drug-likeness (QED) is 0.759. The molecule has 25 heavy (non-hydrogen) atoms. The lowest BCUT2D eigenvalue weighted by Gasteiger charge is -2.35. The lowest BCUT2D eigenvalue weighted by Crippen LogP contribution is -2.43. The first kappa shape index (κ1) is 16.1. The number of ether oxygens (including phenoxy) is 1. The molecule has 4 heterocycles. The van der Waals surface area contributed by atoms with Gasteiger partial charge in [0, 0.05) is 35.9 Å². The Kier molecular flexibility index (Phi) is 3.77. The van der Waals surface area contributed by atoms with Crippen LogP contribution in [0.3, 0.4) is 0 Å². The third kappa shape index (κ3) is 2.79. The van der Waals surface area contributed by atoms with Crippen molar-refractivity contribution in [2.45, 2.75) is 13.0 Å². The Labute approximate surface area is 145 Å². The number of aromatic nitrogens is 4. The lowest BCUT2D eigenvalue weighted by atomic mass is 10.1. The molecule has 3 aromatic rings. The minimum atomic E-state index is -3.45. The van der Waals surface area contributed by atoms with Crippen LogP contribution in [0, 0.1) is 0 Å². The molecule has 0 bridgehead atoms. The van der Waals surface area contributed by atoms with Gasteiger partial charge in [-0.15, -0.1) is 0 Å². The molecule has 1 aliphatic rings. The van der Waals surface area contributed by atoms with Crippen LogP contribution in [0.1, 0.15) is 6.92 Å². The highest BCUT2D eigenvalue weighted by Crippen LogP contribution is 2.33. The number of nitrogens with zero attached hydrogens (tertiary/aromatic N) is 4. The Morgan fingerprint density at radius 2 is 2.24 bits per heavy atom. The zero-order valence-corrected chi connectivity index (χ0v) is 14.8. The van der Waals surface area contributed by atoms with E-state index in [0.29, 0.717) is 24.6 Å². The van der Waals surface area contributed by atoms with Crippen LogP contribution in [-0.4, -0.2) is 59.6 Å². The van der Waals surface area contributed by atoms with Crippen LogP contribution in [0.5, 0.6) is 0 Å². The molecule has 1 aliphatic heterocycles. The smallest absolute Gasteiger partial charge is 0.237 e. The number of aromatic amines is 1. The molecule has 1 atom stereocenters. The van der Waals surface area contributed by atoms with Crippen molar-refractivity contribution < 1.29 is 13.2 Å². The fourth-order valence-electron chi connectivity index (χ4n) is 3.20. The summed E-state index contributed by atoms with van der Waals surface area (Å²) in [5, 5.41) is 7.56. The van der Waals surface area contributed by atoms with Gasteiger partial charge in [0.05, 0.1) is 37.0 Å². The molecule has 8 nitrogen and oxygen atoms in total. The van der Waals surface area contributed by atoms with Gasteiger partial charge in [-0.1, -0.05) is 0 Å². The zero-order chi connectivity index (χ0) is 17.6. The van der Waals surface area contributed by atoms with Crippen LogP contribution in [0.15, 0.2) is 30.7 Å². The molecule has 3 aromatic heterocycles. The van der Waals surface area contributed by atoms with Crippen molar-refractivity contribution in [2.75, 3.05) is 30.9 Å². The molecule has 1 N–H and O–H groups in total. The molecule has 1 unspecified atom stereocenters. The molecular formula is C16H19N5O3S. The van der Waals surface area contributed by atoms with Gasteiger partial charge in [0.2, 0.25) is 10.0 Å². The first-order valence-corrected chi connectivity index (χ1v) is 9.86. The third-order valence-electron chi connectivity index (χ3n) is 4.43. The highest BCUT2D eigenvalue weighted by molar-refractivity contribution is 7.89. The minimum Gasteiger partial charge on any atom is -0.377 e. The first-order chi connectivity index (χ1) is 11.9. The second kappa shape index (κ2) is 5.85. The summed E-state index contributed by atoms with van der Waals surface area (Å²) in [5.41, 5.74) is 2.87. The van der Waals surface area contributed by atoms with Gasteiger partial charge in [0.1, 0.15) is 0 Å². The molecule has 1 saturated heterocycles. The first-order valence-electron chi connectivity index (χ1n) is 8.01. The number of rotatable bonds is 3. The summed E-state index contributed by atoms with van der Waals surface area (Å²) in [6, 6.07) is 3.99. The van der Waals surface area contributed by atoms with E-state index < -0.39 is 10.0 Å². The number of fused-ring (bicyclic) bond motifs is 1. The van der Waals surface area contributed by atoms with Gasteiger partial charge < -0.3 is 9.64 Å². The summed E-state index contributed by atoms with van der Waals surface area (Å²) in [6.07, 6.45) is 6.15. The van der Waals surface area contributed by atoms with E-state index in [9.17, 15) is 8.42 Å². The Hall–Kier alpha value is -2.39. The molecular weight excluding hydrogens is 342 g/mol. The van der Waals surface area contributed by atoms with Crippen molar-refractivity contribution in [3.63, 3.8) is 0 Å². The van der Waals surface area contributed by atoms with Crippen molar-refractivity contribution in [1.29, 1.82) is 0 Å². The van der Waals surface area contributed by atoms with E-state index in [4.69, 9.17) is 4.74 Å². The van der Waals surface area contributed by atoms with E-state index in [-0.39, 0.29) is 6.04 Å². The Morgan fingerprint density at radius 1 is 1.40 bits per heavy atom. The number of hydrogen-bond acceptors (Lipinski definition) is 6. The van der Waals surface area contributed by atoms with Gasteiger partial charge >= 0.3 is 0 Å². The molecule has 0 aliphatic carbocycles. The summed E-state index contributed by atoms with van der Waals surface area (Å²) in [5.74, 6) is 0. The molecule has 0 aromatic carbocycles. The van der Waals surface area contributed by atoms with E-state index >= 15 is 0 Å². The Bertz CT molecular complexity index is 1010. The fourth-order valence-corrected chi connectivity index (χ4v) is 3.93. The Balaban J connectivity index is 1.99. The number of pyridine rings is 1. The second-order valence-corrected chi connectivity index (χ2v) is 8.10. The van der Waals surface area contributed by atoms with Gasteiger partial charge in [-0.3, -0.25) is 5.10 Å². The van der Waals surface area contributed by atoms with E-state index in [1.807, 2.05) is 6.07 Å². The Morgan fingerprint density at radius 3 is 2.92 bits per heavy atom. The minimum absolute atomic E-state index is 0.193.